The third kappa shape index (κ3) is 3.68. The van der Waals surface area contributed by atoms with Gasteiger partial charge in [-0.3, -0.25) is 4.72 Å². The van der Waals surface area contributed by atoms with Crippen LogP contribution in [0.25, 0.3) is 0 Å². The Balaban J connectivity index is 2.40. The van der Waals surface area contributed by atoms with Gasteiger partial charge in [-0.05, 0) is 40.2 Å². The van der Waals surface area contributed by atoms with Gasteiger partial charge in [-0.25, -0.2) is 13.4 Å². The van der Waals surface area contributed by atoms with Crippen LogP contribution in [0.3, 0.4) is 0 Å². The highest BCUT2D eigenvalue weighted by Crippen LogP contribution is 2.27. The van der Waals surface area contributed by atoms with Gasteiger partial charge >= 0.3 is 0 Å². The van der Waals surface area contributed by atoms with Gasteiger partial charge in [0.2, 0.25) is 0 Å². The van der Waals surface area contributed by atoms with Crippen molar-refractivity contribution < 1.29 is 8.42 Å². The summed E-state index contributed by atoms with van der Waals surface area (Å²) in [7, 11) is -3.73. The summed E-state index contributed by atoms with van der Waals surface area (Å²) in [5.41, 5.74) is 0. The number of benzene rings is 1. The van der Waals surface area contributed by atoms with Gasteiger partial charge in [0.15, 0.2) is 0 Å². The number of hydrogen-bond acceptors (Lipinski definition) is 3. The van der Waals surface area contributed by atoms with Crippen molar-refractivity contribution in [1.29, 1.82) is 0 Å². The number of nitrogens with zero attached hydrogens (tertiary/aromatic N) is 1. The molecule has 2 rings (SSSR count). The molecule has 0 amide bonds. The highest BCUT2D eigenvalue weighted by atomic mass is 79.9. The third-order valence-electron chi connectivity index (χ3n) is 2.14. The van der Waals surface area contributed by atoms with Crippen LogP contribution < -0.4 is 4.72 Å². The van der Waals surface area contributed by atoms with Gasteiger partial charge in [0.25, 0.3) is 10.0 Å². The van der Waals surface area contributed by atoms with Crippen LogP contribution in [0.4, 0.5) is 5.82 Å². The number of sulfonamides is 1. The summed E-state index contributed by atoms with van der Waals surface area (Å²) in [6, 6.07) is 7.88. The highest BCUT2D eigenvalue weighted by molar-refractivity contribution is 9.11. The van der Waals surface area contributed by atoms with E-state index in [1.807, 2.05) is 0 Å². The molecule has 1 heterocycles. The van der Waals surface area contributed by atoms with Gasteiger partial charge in [0, 0.05) is 26.2 Å². The minimum atomic E-state index is -3.73. The number of rotatable bonds is 3. The molecule has 1 aromatic heterocycles. The largest absolute Gasteiger partial charge is 0.264 e. The van der Waals surface area contributed by atoms with Crippen LogP contribution in [-0.2, 0) is 10.0 Å². The highest BCUT2D eigenvalue weighted by Gasteiger charge is 2.18. The van der Waals surface area contributed by atoms with Crippen molar-refractivity contribution >= 4 is 59.3 Å². The van der Waals surface area contributed by atoms with Gasteiger partial charge in [-0.2, -0.15) is 0 Å². The summed E-state index contributed by atoms with van der Waals surface area (Å²) in [5, 5.41) is 0.404. The molecule has 0 radical (unpaired) electrons. The SMILES string of the molecule is O=S(=O)(Nc1cc(Cl)ccn1)c1cc(Br)ccc1Br. The van der Waals surface area contributed by atoms with Gasteiger partial charge in [0.05, 0.1) is 0 Å². The van der Waals surface area contributed by atoms with Gasteiger partial charge in [0.1, 0.15) is 10.7 Å². The third-order valence-corrected chi connectivity index (χ3v) is 5.22. The molecule has 0 fully saturated rings. The maximum atomic E-state index is 12.2. The Kier molecular flexibility index (Phi) is 4.50. The zero-order valence-corrected chi connectivity index (χ0v) is 14.0. The molecule has 0 aliphatic heterocycles. The van der Waals surface area contributed by atoms with Crippen LogP contribution in [0.2, 0.25) is 5.02 Å². The molecule has 4 nitrogen and oxygen atoms in total. The molecule has 0 saturated carbocycles. The van der Waals surface area contributed by atoms with Crippen molar-refractivity contribution in [1.82, 2.24) is 4.98 Å². The Bertz CT molecular complexity index is 722. The minimum Gasteiger partial charge on any atom is -0.263 e. The first-order valence-electron chi connectivity index (χ1n) is 4.98. The van der Waals surface area contributed by atoms with E-state index in [0.29, 0.717) is 14.0 Å². The normalized spacial score (nSPS) is 11.3. The van der Waals surface area contributed by atoms with Crippen molar-refractivity contribution in [2.45, 2.75) is 4.90 Å². The number of pyridine rings is 1. The molecule has 1 aromatic carbocycles. The maximum absolute atomic E-state index is 12.2. The molecule has 0 unspecified atom stereocenters. The first kappa shape index (κ1) is 14.8. The molecule has 0 aliphatic rings. The first-order valence-corrected chi connectivity index (χ1v) is 8.42. The minimum absolute atomic E-state index is 0.114. The molecular formula is C11H7Br2ClN2O2S. The van der Waals surface area contributed by atoms with E-state index in [0.717, 1.165) is 0 Å². The van der Waals surface area contributed by atoms with Crippen molar-refractivity contribution in [3.05, 3.63) is 50.5 Å². The van der Waals surface area contributed by atoms with Crippen LogP contribution >= 0.6 is 43.5 Å². The maximum Gasteiger partial charge on any atom is 0.264 e. The standard InChI is InChI=1S/C11H7Br2ClN2O2S/c12-7-1-2-9(13)10(5-7)19(17,18)16-11-6-8(14)3-4-15-11/h1-6H,(H,15,16). The van der Waals surface area contributed by atoms with Gasteiger partial charge in [-0.15, -0.1) is 0 Å². The molecule has 8 heteroatoms. The van der Waals surface area contributed by atoms with Crippen LogP contribution in [0.1, 0.15) is 0 Å². The van der Waals surface area contributed by atoms with Crippen LogP contribution in [0.15, 0.2) is 50.4 Å². The predicted molar refractivity (Wildman–Crippen MR) is 81.9 cm³/mol. The van der Waals surface area contributed by atoms with E-state index in [1.54, 1.807) is 18.2 Å². The fraction of sp³-hybridized carbons (Fsp3) is 0. The molecule has 2 aromatic rings. The van der Waals surface area contributed by atoms with Gasteiger partial charge in [-0.1, -0.05) is 27.5 Å². The second-order valence-electron chi connectivity index (χ2n) is 3.54. The lowest BCUT2D eigenvalue weighted by molar-refractivity contribution is 0.600. The Morgan fingerprint density at radius 2 is 1.89 bits per heavy atom. The van der Waals surface area contributed by atoms with Gasteiger partial charge < -0.3 is 0 Å². The molecule has 19 heavy (non-hydrogen) atoms. The molecular weight excluding hydrogens is 419 g/mol. The summed E-state index contributed by atoms with van der Waals surface area (Å²) < 4.78 is 28.0. The second-order valence-corrected chi connectivity index (χ2v) is 7.40. The number of aromatic nitrogens is 1. The van der Waals surface area contributed by atoms with E-state index < -0.39 is 10.0 Å². The zero-order valence-electron chi connectivity index (χ0n) is 9.27. The van der Waals surface area contributed by atoms with Crippen molar-refractivity contribution in [2.24, 2.45) is 0 Å². The first-order chi connectivity index (χ1) is 8.88. The summed E-state index contributed by atoms with van der Waals surface area (Å²) in [5.74, 6) is 0.166. The van der Waals surface area contributed by atoms with Crippen molar-refractivity contribution in [2.75, 3.05) is 4.72 Å². The van der Waals surface area contributed by atoms with E-state index in [1.165, 1.54) is 18.3 Å². The van der Waals surface area contributed by atoms with Crippen LogP contribution in [0.5, 0.6) is 0 Å². The molecule has 100 valence electrons. The van der Waals surface area contributed by atoms with E-state index >= 15 is 0 Å². The lowest BCUT2D eigenvalue weighted by Crippen LogP contribution is -2.14. The topological polar surface area (TPSA) is 59.1 Å². The van der Waals surface area contributed by atoms with E-state index in [4.69, 9.17) is 11.6 Å². The Morgan fingerprint density at radius 1 is 1.16 bits per heavy atom. The Morgan fingerprint density at radius 3 is 2.58 bits per heavy atom. The summed E-state index contributed by atoms with van der Waals surface area (Å²) in [6.07, 6.45) is 1.43. The van der Waals surface area contributed by atoms with Crippen molar-refractivity contribution in [3.8, 4) is 0 Å². The van der Waals surface area contributed by atoms with Crippen molar-refractivity contribution in [3.63, 3.8) is 0 Å². The predicted octanol–water partition coefficient (Wildman–Crippen LogP) is 4.06. The van der Waals surface area contributed by atoms with Crippen LogP contribution in [0, 0.1) is 0 Å². The molecule has 0 spiro atoms. The molecule has 1 N–H and O–H groups in total. The monoisotopic (exact) mass is 424 g/mol. The number of halogens is 3. The fourth-order valence-electron chi connectivity index (χ4n) is 1.34. The number of hydrogen-bond donors (Lipinski definition) is 1. The lowest BCUT2D eigenvalue weighted by Gasteiger charge is -2.09. The summed E-state index contributed by atoms with van der Waals surface area (Å²) in [6.45, 7) is 0. The second kappa shape index (κ2) is 5.78. The van der Waals surface area contributed by atoms with E-state index in [9.17, 15) is 8.42 Å². The Hall–Kier alpha value is -0.630. The number of anilines is 1. The zero-order chi connectivity index (χ0) is 14.0. The fourth-order valence-corrected chi connectivity index (χ4v) is 4.00. The molecule has 0 bridgehead atoms. The lowest BCUT2D eigenvalue weighted by atomic mass is 10.4. The Labute approximate surface area is 132 Å². The summed E-state index contributed by atoms with van der Waals surface area (Å²) >= 11 is 12.2. The number of nitrogens with one attached hydrogen (secondary N) is 1. The molecule has 0 aliphatic carbocycles. The average Bonchev–Trinajstić information content (AvgIpc) is 2.31. The summed E-state index contributed by atoms with van der Waals surface area (Å²) in [4.78, 5) is 4.02. The van der Waals surface area contributed by atoms with Crippen LogP contribution in [-0.4, -0.2) is 13.4 Å². The smallest absolute Gasteiger partial charge is 0.263 e. The molecule has 0 saturated heterocycles. The van der Waals surface area contributed by atoms with E-state index in [2.05, 4.69) is 41.6 Å². The molecule has 0 atom stereocenters. The quantitative estimate of drug-likeness (QED) is 0.805. The average molecular weight is 427 g/mol. The van der Waals surface area contributed by atoms with E-state index in [-0.39, 0.29) is 10.7 Å².